The van der Waals surface area contributed by atoms with Gasteiger partial charge >= 0.3 is 0 Å². The maximum atomic E-state index is 5.62. The number of ether oxygens (including phenoxy) is 2. The molecule has 2 heterocycles. The zero-order chi connectivity index (χ0) is 12.8. The normalized spacial score (nSPS) is 28.8. The lowest BCUT2D eigenvalue weighted by molar-refractivity contribution is -0.143. The largest absolute Gasteiger partial charge is 0.353 e. The van der Waals surface area contributed by atoms with Crippen LogP contribution in [0.4, 0.5) is 0 Å². The van der Waals surface area contributed by atoms with Crippen molar-refractivity contribution in [2.75, 3.05) is 39.4 Å². The van der Waals surface area contributed by atoms with E-state index in [-0.39, 0.29) is 6.29 Å². The molecule has 0 radical (unpaired) electrons. The van der Waals surface area contributed by atoms with Gasteiger partial charge in [-0.15, -0.1) is 0 Å². The Hall–Kier alpha value is -0.160. The minimum absolute atomic E-state index is 0.0188. The van der Waals surface area contributed by atoms with Crippen molar-refractivity contribution in [1.29, 1.82) is 0 Å². The molecule has 18 heavy (non-hydrogen) atoms. The summed E-state index contributed by atoms with van der Waals surface area (Å²) in [6.45, 7) is 10.3. The monoisotopic (exact) mass is 256 g/mol. The first-order chi connectivity index (χ1) is 8.85. The summed E-state index contributed by atoms with van der Waals surface area (Å²) in [5, 5.41) is 3.53. The number of likely N-dealkylation sites (tertiary alicyclic amines) is 1. The Morgan fingerprint density at radius 1 is 1.22 bits per heavy atom. The van der Waals surface area contributed by atoms with E-state index >= 15 is 0 Å². The minimum Gasteiger partial charge on any atom is -0.353 e. The number of nitrogens with one attached hydrogen (secondary N) is 1. The van der Waals surface area contributed by atoms with Crippen LogP contribution in [0.2, 0.25) is 0 Å². The van der Waals surface area contributed by atoms with Crippen LogP contribution in [0.15, 0.2) is 0 Å². The first kappa shape index (κ1) is 14.3. The summed E-state index contributed by atoms with van der Waals surface area (Å²) in [7, 11) is 0. The molecule has 2 unspecified atom stereocenters. The number of hydrogen-bond donors (Lipinski definition) is 1. The van der Waals surface area contributed by atoms with Crippen LogP contribution in [0.3, 0.4) is 0 Å². The Morgan fingerprint density at radius 3 is 2.72 bits per heavy atom. The summed E-state index contributed by atoms with van der Waals surface area (Å²) < 4.78 is 11.2. The van der Waals surface area contributed by atoms with Crippen LogP contribution in [0.1, 0.15) is 33.1 Å². The molecule has 2 aliphatic heterocycles. The average molecular weight is 256 g/mol. The van der Waals surface area contributed by atoms with E-state index in [1.54, 1.807) is 0 Å². The quantitative estimate of drug-likeness (QED) is 0.699. The van der Waals surface area contributed by atoms with Gasteiger partial charge in [-0.2, -0.15) is 0 Å². The molecule has 2 saturated heterocycles. The molecule has 0 aliphatic carbocycles. The Balaban J connectivity index is 1.77. The zero-order valence-corrected chi connectivity index (χ0v) is 11.9. The standard InChI is InChI=1S/C14H28N2O2/c1-3-17-14(18-4-2)7-9-16-8-5-6-12-10-15-11-13(12)16/h12-15H,3-11H2,1-2H3. The van der Waals surface area contributed by atoms with Crippen molar-refractivity contribution < 1.29 is 9.47 Å². The number of hydrogen-bond acceptors (Lipinski definition) is 4. The molecule has 2 aliphatic rings. The van der Waals surface area contributed by atoms with Crippen LogP contribution >= 0.6 is 0 Å². The summed E-state index contributed by atoms with van der Waals surface area (Å²) >= 11 is 0. The van der Waals surface area contributed by atoms with Gasteiger partial charge < -0.3 is 14.8 Å². The van der Waals surface area contributed by atoms with Crippen LogP contribution in [0.25, 0.3) is 0 Å². The summed E-state index contributed by atoms with van der Waals surface area (Å²) in [6, 6.07) is 0.752. The van der Waals surface area contributed by atoms with E-state index in [1.165, 1.54) is 32.5 Å². The van der Waals surface area contributed by atoms with E-state index in [0.717, 1.165) is 38.1 Å². The molecule has 0 spiro atoms. The van der Waals surface area contributed by atoms with Gasteiger partial charge in [0.15, 0.2) is 6.29 Å². The molecular formula is C14H28N2O2. The zero-order valence-electron chi connectivity index (χ0n) is 11.9. The summed E-state index contributed by atoms with van der Waals surface area (Å²) in [6.07, 6.45) is 3.71. The van der Waals surface area contributed by atoms with Gasteiger partial charge in [0, 0.05) is 38.8 Å². The maximum Gasteiger partial charge on any atom is 0.158 e. The Labute approximate surface area is 111 Å². The minimum atomic E-state index is -0.0188. The third kappa shape index (κ3) is 3.67. The smallest absolute Gasteiger partial charge is 0.158 e. The van der Waals surface area contributed by atoms with Crippen molar-refractivity contribution in [3.63, 3.8) is 0 Å². The Bertz CT molecular complexity index is 232. The van der Waals surface area contributed by atoms with Crippen LogP contribution in [0, 0.1) is 5.92 Å². The second-order valence-electron chi connectivity index (χ2n) is 5.29. The molecule has 4 heteroatoms. The lowest BCUT2D eigenvalue weighted by atomic mass is 9.92. The molecule has 2 fully saturated rings. The summed E-state index contributed by atoms with van der Waals surface area (Å²) in [4.78, 5) is 2.64. The maximum absolute atomic E-state index is 5.62. The SMILES string of the molecule is CCOC(CCN1CCCC2CNCC21)OCC. The van der Waals surface area contributed by atoms with Gasteiger partial charge in [0.2, 0.25) is 0 Å². The topological polar surface area (TPSA) is 33.7 Å². The molecule has 0 bridgehead atoms. The van der Waals surface area contributed by atoms with Gasteiger partial charge in [0.05, 0.1) is 0 Å². The highest BCUT2D eigenvalue weighted by Crippen LogP contribution is 2.26. The Morgan fingerprint density at radius 2 is 2.00 bits per heavy atom. The molecule has 0 saturated carbocycles. The molecule has 0 aromatic rings. The highest BCUT2D eigenvalue weighted by molar-refractivity contribution is 4.91. The van der Waals surface area contributed by atoms with E-state index in [4.69, 9.17) is 9.47 Å². The van der Waals surface area contributed by atoms with E-state index in [0.29, 0.717) is 0 Å². The van der Waals surface area contributed by atoms with E-state index in [1.807, 2.05) is 13.8 Å². The molecule has 0 aromatic heterocycles. The average Bonchev–Trinajstić information content (AvgIpc) is 2.85. The highest BCUT2D eigenvalue weighted by atomic mass is 16.7. The van der Waals surface area contributed by atoms with Gasteiger partial charge in [0.1, 0.15) is 0 Å². The number of nitrogens with zero attached hydrogens (tertiary/aromatic N) is 1. The van der Waals surface area contributed by atoms with Crippen LogP contribution in [-0.2, 0) is 9.47 Å². The van der Waals surface area contributed by atoms with E-state index < -0.39 is 0 Å². The third-order valence-electron chi connectivity index (χ3n) is 4.15. The van der Waals surface area contributed by atoms with Gasteiger partial charge in [0.25, 0.3) is 0 Å². The molecule has 0 amide bonds. The van der Waals surface area contributed by atoms with Crippen molar-refractivity contribution in [1.82, 2.24) is 10.2 Å². The molecule has 1 N–H and O–H groups in total. The third-order valence-corrected chi connectivity index (χ3v) is 4.15. The van der Waals surface area contributed by atoms with Crippen LogP contribution < -0.4 is 5.32 Å². The van der Waals surface area contributed by atoms with Gasteiger partial charge in [-0.1, -0.05) is 0 Å². The summed E-state index contributed by atoms with van der Waals surface area (Å²) in [5.74, 6) is 0.872. The van der Waals surface area contributed by atoms with Crippen molar-refractivity contribution >= 4 is 0 Å². The lowest BCUT2D eigenvalue weighted by Gasteiger charge is -2.37. The van der Waals surface area contributed by atoms with Gasteiger partial charge in [-0.3, -0.25) is 4.90 Å². The van der Waals surface area contributed by atoms with Crippen molar-refractivity contribution in [2.45, 2.75) is 45.4 Å². The predicted octanol–water partition coefficient (Wildman–Crippen LogP) is 1.46. The highest BCUT2D eigenvalue weighted by Gasteiger charge is 2.34. The second kappa shape index (κ2) is 7.43. The van der Waals surface area contributed by atoms with Crippen molar-refractivity contribution in [2.24, 2.45) is 5.92 Å². The molecular weight excluding hydrogens is 228 g/mol. The Kier molecular flexibility index (Phi) is 5.89. The van der Waals surface area contributed by atoms with Crippen LogP contribution in [-0.4, -0.2) is 56.6 Å². The molecule has 2 atom stereocenters. The van der Waals surface area contributed by atoms with Gasteiger partial charge in [-0.25, -0.2) is 0 Å². The summed E-state index contributed by atoms with van der Waals surface area (Å²) in [5.41, 5.74) is 0. The molecule has 106 valence electrons. The lowest BCUT2D eigenvalue weighted by Crippen LogP contribution is -2.46. The fraction of sp³-hybridized carbons (Fsp3) is 1.00. The van der Waals surface area contributed by atoms with Crippen LogP contribution in [0.5, 0.6) is 0 Å². The number of fused-ring (bicyclic) bond motifs is 1. The first-order valence-corrected chi connectivity index (χ1v) is 7.53. The molecule has 4 nitrogen and oxygen atoms in total. The fourth-order valence-electron chi connectivity index (χ4n) is 3.30. The number of rotatable bonds is 7. The molecule has 2 rings (SSSR count). The van der Waals surface area contributed by atoms with E-state index in [2.05, 4.69) is 10.2 Å². The van der Waals surface area contributed by atoms with Crippen molar-refractivity contribution in [3.05, 3.63) is 0 Å². The predicted molar refractivity (Wildman–Crippen MR) is 72.6 cm³/mol. The first-order valence-electron chi connectivity index (χ1n) is 7.53. The van der Waals surface area contributed by atoms with Crippen molar-refractivity contribution in [3.8, 4) is 0 Å². The fourth-order valence-corrected chi connectivity index (χ4v) is 3.30. The van der Waals surface area contributed by atoms with E-state index in [9.17, 15) is 0 Å². The second-order valence-corrected chi connectivity index (χ2v) is 5.29. The van der Waals surface area contributed by atoms with Gasteiger partial charge in [-0.05, 0) is 45.7 Å². The molecule has 0 aromatic carbocycles. The number of piperidine rings is 1.